The van der Waals surface area contributed by atoms with Gasteiger partial charge in [-0.25, -0.2) is 4.99 Å². The molecule has 1 aromatic heterocycles. The quantitative estimate of drug-likeness (QED) is 0.917. The van der Waals surface area contributed by atoms with Crippen molar-refractivity contribution in [2.24, 2.45) is 10.7 Å². The van der Waals surface area contributed by atoms with E-state index in [0.717, 1.165) is 28.7 Å². The van der Waals surface area contributed by atoms with Crippen LogP contribution in [-0.4, -0.2) is 28.9 Å². The Kier molecular flexibility index (Phi) is 3.02. The highest BCUT2D eigenvalue weighted by Crippen LogP contribution is 2.42. The fraction of sp³-hybridized carbons (Fsp3) is 0.350. The molecule has 0 bridgehead atoms. The van der Waals surface area contributed by atoms with Crippen molar-refractivity contribution in [1.29, 1.82) is 0 Å². The number of nitrogens with zero attached hydrogens (tertiary/aromatic N) is 2. The molecule has 2 heterocycles. The van der Waals surface area contributed by atoms with Crippen LogP contribution in [0.5, 0.6) is 0 Å². The average molecular weight is 333 g/mol. The molecule has 25 heavy (non-hydrogen) atoms. The van der Waals surface area contributed by atoms with Crippen molar-refractivity contribution in [2.75, 3.05) is 6.61 Å². The molecule has 3 aliphatic rings. The standard InChI is InChI=1S/C20H19N3O2/c21-19-23-20(11-25-19)7-6-16-15(2-1-3-17(16)18(20)24)14-8-13(9-22-10-14)12-4-5-12/h1-3,8-10,12H,4-7,11H2,(H2,21,23). The first kappa shape index (κ1) is 14.6. The smallest absolute Gasteiger partial charge is 0.283 e. The van der Waals surface area contributed by atoms with E-state index >= 15 is 0 Å². The van der Waals surface area contributed by atoms with Gasteiger partial charge in [-0.15, -0.1) is 0 Å². The molecule has 2 aromatic rings. The van der Waals surface area contributed by atoms with E-state index < -0.39 is 5.54 Å². The summed E-state index contributed by atoms with van der Waals surface area (Å²) in [5.41, 5.74) is 10.2. The number of benzene rings is 1. The van der Waals surface area contributed by atoms with Crippen LogP contribution in [0.15, 0.2) is 41.7 Å². The maximum absolute atomic E-state index is 13.1. The van der Waals surface area contributed by atoms with Crippen molar-refractivity contribution in [1.82, 2.24) is 4.98 Å². The molecule has 1 aromatic carbocycles. The Hall–Kier alpha value is -2.69. The van der Waals surface area contributed by atoms with Crippen LogP contribution in [-0.2, 0) is 11.2 Å². The number of ether oxygens (including phenoxy) is 1. The molecule has 1 aliphatic heterocycles. The number of amidine groups is 1. The molecule has 0 saturated heterocycles. The van der Waals surface area contributed by atoms with Gasteiger partial charge in [-0.3, -0.25) is 9.78 Å². The second-order valence-corrected chi connectivity index (χ2v) is 7.21. The molecule has 0 radical (unpaired) electrons. The third-order valence-electron chi connectivity index (χ3n) is 5.53. The monoisotopic (exact) mass is 333 g/mol. The van der Waals surface area contributed by atoms with E-state index in [1.165, 1.54) is 18.4 Å². The maximum Gasteiger partial charge on any atom is 0.283 e. The first-order valence-electron chi connectivity index (χ1n) is 8.76. The molecule has 2 N–H and O–H groups in total. The van der Waals surface area contributed by atoms with E-state index in [-0.39, 0.29) is 18.4 Å². The minimum Gasteiger partial charge on any atom is -0.462 e. The Morgan fingerprint density at radius 3 is 2.80 bits per heavy atom. The van der Waals surface area contributed by atoms with E-state index in [1.54, 1.807) is 0 Å². The summed E-state index contributed by atoms with van der Waals surface area (Å²) in [7, 11) is 0. The van der Waals surface area contributed by atoms with E-state index in [1.807, 2.05) is 24.5 Å². The molecule has 126 valence electrons. The summed E-state index contributed by atoms with van der Waals surface area (Å²) in [5, 5.41) is 0. The van der Waals surface area contributed by atoms with Gasteiger partial charge in [0, 0.05) is 23.5 Å². The van der Waals surface area contributed by atoms with E-state index in [9.17, 15) is 4.79 Å². The number of rotatable bonds is 2. The molecule has 1 spiro atoms. The minimum atomic E-state index is -0.830. The summed E-state index contributed by atoms with van der Waals surface area (Å²) in [6.07, 6.45) is 7.77. The summed E-state index contributed by atoms with van der Waals surface area (Å²) in [6, 6.07) is 8.27. The second kappa shape index (κ2) is 5.15. The van der Waals surface area contributed by atoms with Gasteiger partial charge in [-0.2, -0.15) is 0 Å². The van der Waals surface area contributed by atoms with Crippen LogP contribution in [0.4, 0.5) is 0 Å². The van der Waals surface area contributed by atoms with E-state index in [2.05, 4.69) is 22.1 Å². The third-order valence-corrected chi connectivity index (χ3v) is 5.53. The first-order valence-corrected chi connectivity index (χ1v) is 8.76. The van der Waals surface area contributed by atoms with Crippen LogP contribution >= 0.6 is 0 Å². The predicted molar refractivity (Wildman–Crippen MR) is 94.6 cm³/mol. The predicted octanol–water partition coefficient (Wildman–Crippen LogP) is 2.84. The summed E-state index contributed by atoms with van der Waals surface area (Å²) in [5.74, 6) is 0.673. The van der Waals surface area contributed by atoms with Crippen molar-refractivity contribution >= 4 is 11.8 Å². The van der Waals surface area contributed by atoms with E-state index in [4.69, 9.17) is 10.5 Å². The van der Waals surface area contributed by atoms with Crippen molar-refractivity contribution in [2.45, 2.75) is 37.1 Å². The van der Waals surface area contributed by atoms with Gasteiger partial charge in [0.1, 0.15) is 6.61 Å². The van der Waals surface area contributed by atoms with Gasteiger partial charge >= 0.3 is 0 Å². The van der Waals surface area contributed by atoms with Crippen LogP contribution in [0.3, 0.4) is 0 Å². The van der Waals surface area contributed by atoms with Gasteiger partial charge in [-0.1, -0.05) is 18.2 Å². The Morgan fingerprint density at radius 1 is 1.20 bits per heavy atom. The number of hydrogen-bond donors (Lipinski definition) is 1. The molecule has 1 saturated carbocycles. The lowest BCUT2D eigenvalue weighted by atomic mass is 9.75. The second-order valence-electron chi connectivity index (χ2n) is 7.21. The molecule has 1 atom stereocenters. The van der Waals surface area contributed by atoms with Crippen LogP contribution in [0.2, 0.25) is 0 Å². The number of hydrogen-bond acceptors (Lipinski definition) is 5. The molecular formula is C20H19N3O2. The lowest BCUT2D eigenvalue weighted by Crippen LogP contribution is -2.42. The van der Waals surface area contributed by atoms with Gasteiger partial charge in [0.05, 0.1) is 0 Å². The van der Waals surface area contributed by atoms with Crippen molar-refractivity contribution < 1.29 is 9.53 Å². The van der Waals surface area contributed by atoms with Crippen LogP contribution < -0.4 is 5.73 Å². The van der Waals surface area contributed by atoms with Gasteiger partial charge in [0.2, 0.25) is 0 Å². The normalized spacial score (nSPS) is 24.8. The zero-order valence-electron chi connectivity index (χ0n) is 13.9. The highest BCUT2D eigenvalue weighted by Gasteiger charge is 2.47. The third kappa shape index (κ3) is 2.26. The Labute approximate surface area is 145 Å². The average Bonchev–Trinajstić information content (AvgIpc) is 3.42. The Balaban J connectivity index is 1.59. The van der Waals surface area contributed by atoms with Gasteiger partial charge in [0.25, 0.3) is 6.02 Å². The number of aliphatic imine (C=N–C) groups is 1. The number of Topliss-reactive ketones (excluding diaryl/α,β-unsaturated/α-hetero) is 1. The van der Waals surface area contributed by atoms with Crippen LogP contribution in [0.1, 0.15) is 46.7 Å². The van der Waals surface area contributed by atoms with Crippen LogP contribution in [0.25, 0.3) is 11.1 Å². The highest BCUT2D eigenvalue weighted by atomic mass is 16.5. The minimum absolute atomic E-state index is 0.0161. The van der Waals surface area contributed by atoms with Gasteiger partial charge in [0.15, 0.2) is 11.3 Å². The van der Waals surface area contributed by atoms with Crippen molar-refractivity contribution in [3.05, 3.63) is 53.3 Å². The SMILES string of the molecule is NC1=NC2(CCc3c(cccc3-c3cncc(C4CC4)c3)C2=O)CO1. The molecule has 1 fully saturated rings. The Bertz CT molecular complexity index is 917. The number of nitrogens with two attached hydrogens (primary N) is 1. The summed E-state index contributed by atoms with van der Waals surface area (Å²) >= 11 is 0. The molecule has 5 nitrogen and oxygen atoms in total. The molecule has 0 amide bonds. The lowest BCUT2D eigenvalue weighted by Gasteiger charge is -2.30. The zero-order valence-corrected chi connectivity index (χ0v) is 13.9. The molecule has 5 rings (SSSR count). The van der Waals surface area contributed by atoms with Crippen LogP contribution in [0, 0.1) is 0 Å². The molecule has 2 aliphatic carbocycles. The maximum atomic E-state index is 13.1. The number of ketones is 1. The molecular weight excluding hydrogens is 314 g/mol. The molecule has 5 heteroatoms. The van der Waals surface area contributed by atoms with Crippen molar-refractivity contribution in [3.63, 3.8) is 0 Å². The fourth-order valence-corrected chi connectivity index (χ4v) is 3.99. The highest BCUT2D eigenvalue weighted by molar-refractivity contribution is 6.08. The first-order chi connectivity index (χ1) is 12.2. The summed E-state index contributed by atoms with van der Waals surface area (Å²) < 4.78 is 5.29. The number of carbonyl (C=O) groups excluding carboxylic acids is 1. The zero-order chi connectivity index (χ0) is 17.0. The topological polar surface area (TPSA) is 77.6 Å². The number of fused-ring (bicyclic) bond motifs is 1. The number of pyridine rings is 1. The van der Waals surface area contributed by atoms with Gasteiger partial charge in [-0.05, 0) is 54.4 Å². The van der Waals surface area contributed by atoms with Crippen molar-refractivity contribution in [3.8, 4) is 11.1 Å². The number of carbonyl (C=O) groups is 1. The Morgan fingerprint density at radius 2 is 2.04 bits per heavy atom. The summed E-state index contributed by atoms with van der Waals surface area (Å²) in [4.78, 5) is 21.8. The largest absolute Gasteiger partial charge is 0.462 e. The van der Waals surface area contributed by atoms with Gasteiger partial charge < -0.3 is 10.5 Å². The summed E-state index contributed by atoms with van der Waals surface area (Å²) in [6.45, 7) is 0.250. The fourth-order valence-electron chi connectivity index (χ4n) is 3.99. The number of aromatic nitrogens is 1. The molecule has 1 unspecified atom stereocenters. The lowest BCUT2D eigenvalue weighted by molar-refractivity contribution is 0.0835. The van der Waals surface area contributed by atoms with E-state index in [0.29, 0.717) is 12.3 Å².